The van der Waals surface area contributed by atoms with E-state index in [2.05, 4.69) is 10.2 Å². The molecule has 0 radical (unpaired) electrons. The first-order valence-corrected chi connectivity index (χ1v) is 12.2. The molecule has 0 saturated carbocycles. The van der Waals surface area contributed by atoms with Crippen molar-refractivity contribution >= 4 is 31.4 Å². The molecule has 0 bridgehead atoms. The Kier molecular flexibility index (Phi) is 5.53. The molecule has 1 saturated heterocycles. The molecule has 1 aromatic carbocycles. The molecule has 0 spiro atoms. The van der Waals surface area contributed by atoms with E-state index in [9.17, 15) is 30.0 Å². The number of hydrogen-bond acceptors (Lipinski definition) is 7. The lowest BCUT2D eigenvalue weighted by molar-refractivity contribution is -0.0437. The summed E-state index contributed by atoms with van der Waals surface area (Å²) in [6.45, 7) is 0. The molecule has 2 aromatic rings. The summed E-state index contributed by atoms with van der Waals surface area (Å²) >= 11 is 0.754. The maximum Gasteiger partial charge on any atom is 0.501 e. The van der Waals surface area contributed by atoms with Gasteiger partial charge in [0.25, 0.3) is 9.84 Å². The van der Waals surface area contributed by atoms with E-state index >= 15 is 0 Å². The second kappa shape index (κ2) is 7.34. The third kappa shape index (κ3) is 4.20. The fraction of sp³-hybridized carbons (Fsp3) is 0.467. The fourth-order valence-corrected chi connectivity index (χ4v) is 6.87. The van der Waals surface area contributed by atoms with Gasteiger partial charge in [-0.15, -0.1) is 10.2 Å². The Labute approximate surface area is 164 Å². The van der Waals surface area contributed by atoms with Crippen LogP contribution in [0.5, 0.6) is 0 Å². The van der Waals surface area contributed by atoms with Crippen LogP contribution in [-0.4, -0.2) is 48.6 Å². The smallest absolute Gasteiger partial charge is 0.309 e. The van der Waals surface area contributed by atoms with Gasteiger partial charge in [-0.3, -0.25) is 0 Å². The van der Waals surface area contributed by atoms with Gasteiger partial charge in [0.2, 0.25) is 0 Å². The van der Waals surface area contributed by atoms with Crippen LogP contribution in [0.4, 0.5) is 13.2 Å². The summed E-state index contributed by atoms with van der Waals surface area (Å²) in [5, 5.41) is 8.12. The molecule has 7 nitrogen and oxygen atoms in total. The van der Waals surface area contributed by atoms with Gasteiger partial charge in [0.05, 0.1) is 16.4 Å². The highest BCUT2D eigenvalue weighted by atomic mass is 32.2. The molecule has 1 atom stereocenters. The zero-order valence-electron chi connectivity index (χ0n) is 14.5. The molecule has 0 N–H and O–H groups in total. The van der Waals surface area contributed by atoms with Crippen LogP contribution in [0, 0.1) is 5.92 Å². The van der Waals surface area contributed by atoms with Crippen LogP contribution < -0.4 is 0 Å². The maximum atomic E-state index is 12.9. The molecule has 0 aliphatic carbocycles. The minimum Gasteiger partial charge on any atom is -0.309 e. The van der Waals surface area contributed by atoms with E-state index in [0.717, 1.165) is 17.8 Å². The quantitative estimate of drug-likeness (QED) is 0.682. The van der Waals surface area contributed by atoms with Gasteiger partial charge in [0.15, 0.2) is 15.0 Å². The molecular formula is C15H16F3N3O4S3. The largest absolute Gasteiger partial charge is 0.501 e. The first-order valence-electron chi connectivity index (χ1n) is 8.07. The summed E-state index contributed by atoms with van der Waals surface area (Å²) in [4.78, 5) is -0.968. The van der Waals surface area contributed by atoms with Crippen LogP contribution in [0.25, 0.3) is 0 Å². The average Bonchev–Trinajstić information content (AvgIpc) is 3.10. The van der Waals surface area contributed by atoms with Gasteiger partial charge >= 0.3 is 5.51 Å². The Morgan fingerprint density at radius 3 is 2.54 bits per heavy atom. The number of rotatable bonds is 5. The highest BCUT2D eigenvalue weighted by Crippen LogP contribution is 2.38. The van der Waals surface area contributed by atoms with Crippen molar-refractivity contribution in [1.29, 1.82) is 0 Å². The molecule has 1 unspecified atom stereocenters. The van der Waals surface area contributed by atoms with E-state index in [1.807, 2.05) is 0 Å². The van der Waals surface area contributed by atoms with Crippen LogP contribution >= 0.6 is 11.8 Å². The predicted molar refractivity (Wildman–Crippen MR) is 95.3 cm³/mol. The normalized spacial score (nSPS) is 19.8. The average molecular weight is 456 g/mol. The lowest BCUT2D eigenvalue weighted by Gasteiger charge is -2.12. The lowest BCUT2D eigenvalue weighted by atomic mass is 10.1. The Balaban J connectivity index is 1.86. The second-order valence-corrected chi connectivity index (χ2v) is 11.6. The van der Waals surface area contributed by atoms with Gasteiger partial charge in [0.1, 0.15) is 5.82 Å². The minimum absolute atomic E-state index is 0.0645. The summed E-state index contributed by atoms with van der Waals surface area (Å²) < 4.78 is 87.1. The highest BCUT2D eigenvalue weighted by molar-refractivity contribution is 8.00. The van der Waals surface area contributed by atoms with Crippen LogP contribution in [0.15, 0.2) is 39.2 Å². The van der Waals surface area contributed by atoms with Crippen LogP contribution in [0.3, 0.4) is 0 Å². The van der Waals surface area contributed by atoms with Crippen LogP contribution in [0.1, 0.15) is 12.2 Å². The van der Waals surface area contributed by atoms with E-state index in [-0.39, 0.29) is 27.5 Å². The van der Waals surface area contributed by atoms with E-state index in [1.54, 1.807) is 7.05 Å². The van der Waals surface area contributed by atoms with Crippen molar-refractivity contribution in [2.75, 3.05) is 11.5 Å². The van der Waals surface area contributed by atoms with Gasteiger partial charge < -0.3 is 4.57 Å². The van der Waals surface area contributed by atoms with Crippen molar-refractivity contribution in [3.63, 3.8) is 0 Å². The Bertz CT molecular complexity index is 1100. The number of sulfone groups is 2. The predicted octanol–water partition coefficient (Wildman–Crippen LogP) is 2.24. The Hall–Kier alpha value is -1.60. The van der Waals surface area contributed by atoms with Crippen molar-refractivity contribution < 1.29 is 30.0 Å². The third-order valence-electron chi connectivity index (χ3n) is 4.37. The minimum atomic E-state index is -5.51. The fourth-order valence-electron chi connectivity index (χ4n) is 2.88. The number of benzene rings is 1. The van der Waals surface area contributed by atoms with E-state index in [1.165, 1.54) is 22.8 Å². The molecule has 2 heterocycles. The van der Waals surface area contributed by atoms with Crippen LogP contribution in [-0.2, 0) is 33.1 Å². The number of halogens is 3. The molecule has 154 valence electrons. The van der Waals surface area contributed by atoms with Gasteiger partial charge in [-0.05, 0) is 36.2 Å². The Morgan fingerprint density at radius 1 is 1.25 bits per heavy atom. The summed E-state index contributed by atoms with van der Waals surface area (Å²) in [6.07, 6.45) is 0.885. The highest BCUT2D eigenvalue weighted by Gasteiger charge is 2.48. The lowest BCUT2D eigenvalue weighted by Crippen LogP contribution is -2.23. The molecule has 1 aromatic heterocycles. The zero-order chi connectivity index (χ0) is 20.7. The topological polar surface area (TPSA) is 99.0 Å². The van der Waals surface area contributed by atoms with Gasteiger partial charge in [0, 0.05) is 18.4 Å². The van der Waals surface area contributed by atoms with Crippen molar-refractivity contribution in [2.45, 2.75) is 33.3 Å². The van der Waals surface area contributed by atoms with Crippen LogP contribution in [0.2, 0.25) is 0 Å². The first-order chi connectivity index (χ1) is 12.9. The SMILES string of the molecule is Cn1c(CC2CCS(=O)(=O)C2)nnc1Sc1ccccc1S(=O)(=O)C(F)(F)F. The summed E-state index contributed by atoms with van der Waals surface area (Å²) in [5.41, 5.74) is -5.41. The molecule has 0 amide bonds. The van der Waals surface area contributed by atoms with Gasteiger partial charge in [-0.25, -0.2) is 16.8 Å². The van der Waals surface area contributed by atoms with Crippen molar-refractivity contribution in [3.8, 4) is 0 Å². The number of alkyl halides is 3. The number of nitrogens with zero attached hydrogens (tertiary/aromatic N) is 3. The monoisotopic (exact) mass is 455 g/mol. The summed E-state index contributed by atoms with van der Waals surface area (Å²) in [6, 6.07) is 4.80. The standard InChI is InChI=1S/C15H16F3N3O4S3/c1-21-13(8-10-6-7-27(22,23)9-10)19-20-14(21)26-11-4-2-3-5-12(11)28(24,25)15(16,17)18/h2-5,10H,6-9H2,1H3. The van der Waals surface area contributed by atoms with E-state index < -0.39 is 30.1 Å². The molecule has 13 heteroatoms. The Morgan fingerprint density at radius 2 is 1.93 bits per heavy atom. The molecule has 1 fully saturated rings. The first kappa shape index (κ1) is 21.1. The van der Waals surface area contributed by atoms with Gasteiger partial charge in [-0.1, -0.05) is 12.1 Å². The molecule has 28 heavy (non-hydrogen) atoms. The summed E-state index contributed by atoms with van der Waals surface area (Å²) in [5.74, 6) is 0.582. The third-order valence-corrected chi connectivity index (χ3v) is 8.99. The van der Waals surface area contributed by atoms with Crippen molar-refractivity contribution in [1.82, 2.24) is 14.8 Å². The molecular weight excluding hydrogens is 439 g/mol. The second-order valence-electron chi connectivity index (χ2n) is 6.43. The molecule has 3 rings (SSSR count). The number of hydrogen-bond donors (Lipinski definition) is 0. The molecule has 1 aliphatic heterocycles. The summed E-state index contributed by atoms with van der Waals surface area (Å²) in [7, 11) is -6.95. The van der Waals surface area contributed by atoms with Crippen molar-refractivity contribution in [3.05, 3.63) is 30.1 Å². The number of aromatic nitrogens is 3. The van der Waals surface area contributed by atoms with E-state index in [4.69, 9.17) is 0 Å². The molecule has 1 aliphatic rings. The van der Waals surface area contributed by atoms with Crippen molar-refractivity contribution in [2.24, 2.45) is 13.0 Å². The van der Waals surface area contributed by atoms with E-state index in [0.29, 0.717) is 18.7 Å². The zero-order valence-corrected chi connectivity index (χ0v) is 17.0. The maximum absolute atomic E-state index is 12.9. The van der Waals surface area contributed by atoms with Gasteiger partial charge in [-0.2, -0.15) is 13.2 Å².